The summed E-state index contributed by atoms with van der Waals surface area (Å²) in [5.74, 6) is 0. The molecule has 2 heterocycles. The average Bonchev–Trinajstić information content (AvgIpc) is 2.98. The predicted octanol–water partition coefficient (Wildman–Crippen LogP) is 1.92. The molecular formula is C16H22N2O. The maximum atomic E-state index is 10.8. The number of carbonyl (C=O) groups is 1. The molecule has 3 nitrogen and oxygen atoms in total. The highest BCUT2D eigenvalue weighted by Crippen LogP contribution is 2.39. The summed E-state index contributed by atoms with van der Waals surface area (Å²) in [7, 11) is 2.22. The van der Waals surface area contributed by atoms with E-state index in [0.29, 0.717) is 24.7 Å². The highest BCUT2D eigenvalue weighted by molar-refractivity contribution is 5.52. The van der Waals surface area contributed by atoms with Crippen molar-refractivity contribution in [3.05, 3.63) is 35.9 Å². The number of nitrogens with zero attached hydrogens (tertiary/aromatic N) is 2. The maximum absolute atomic E-state index is 10.8. The normalized spacial score (nSPS) is 30.1. The van der Waals surface area contributed by atoms with E-state index >= 15 is 0 Å². The van der Waals surface area contributed by atoms with Crippen LogP contribution in [0.15, 0.2) is 30.3 Å². The molecule has 0 aromatic heterocycles. The minimum atomic E-state index is 0.587. The van der Waals surface area contributed by atoms with E-state index in [4.69, 9.17) is 0 Å². The first kappa shape index (κ1) is 12.8. The molecule has 2 unspecified atom stereocenters. The average molecular weight is 258 g/mol. The lowest BCUT2D eigenvalue weighted by Crippen LogP contribution is -2.42. The molecule has 3 rings (SSSR count). The van der Waals surface area contributed by atoms with Crippen LogP contribution in [0, 0.1) is 0 Å². The van der Waals surface area contributed by atoms with Crippen LogP contribution >= 0.6 is 0 Å². The number of likely N-dealkylation sites (N-methyl/N-ethyl adjacent to an activating group) is 1. The van der Waals surface area contributed by atoms with Gasteiger partial charge in [-0.1, -0.05) is 30.3 Å². The summed E-state index contributed by atoms with van der Waals surface area (Å²) in [6.45, 7) is 1.62. The Morgan fingerprint density at radius 3 is 2.84 bits per heavy atom. The van der Waals surface area contributed by atoms with E-state index in [1.807, 2.05) is 0 Å². The van der Waals surface area contributed by atoms with Crippen molar-refractivity contribution in [1.82, 2.24) is 9.80 Å². The first-order valence-electron chi connectivity index (χ1n) is 7.23. The molecule has 0 radical (unpaired) electrons. The summed E-state index contributed by atoms with van der Waals surface area (Å²) in [5.41, 5.74) is 1.37. The Bertz CT molecular complexity index is 434. The second-order valence-electron chi connectivity index (χ2n) is 5.87. The van der Waals surface area contributed by atoms with Gasteiger partial charge in [-0.15, -0.1) is 0 Å². The molecule has 2 aliphatic heterocycles. The van der Waals surface area contributed by atoms with Crippen molar-refractivity contribution in [2.24, 2.45) is 0 Å². The van der Waals surface area contributed by atoms with Gasteiger partial charge in [-0.05, 0) is 31.9 Å². The topological polar surface area (TPSA) is 23.6 Å². The van der Waals surface area contributed by atoms with Crippen molar-refractivity contribution < 1.29 is 4.79 Å². The second-order valence-corrected chi connectivity index (χ2v) is 5.87. The van der Waals surface area contributed by atoms with E-state index in [2.05, 4.69) is 47.2 Å². The third-order valence-electron chi connectivity index (χ3n) is 4.77. The Morgan fingerprint density at radius 1 is 1.32 bits per heavy atom. The van der Waals surface area contributed by atoms with E-state index in [1.54, 1.807) is 0 Å². The first-order chi connectivity index (χ1) is 9.29. The lowest BCUT2D eigenvalue weighted by Gasteiger charge is -2.31. The fourth-order valence-electron chi connectivity index (χ4n) is 3.90. The molecule has 3 atom stereocenters. The molecule has 0 N–H and O–H groups in total. The second kappa shape index (κ2) is 5.43. The van der Waals surface area contributed by atoms with Crippen molar-refractivity contribution >= 4 is 6.29 Å². The molecule has 0 amide bonds. The van der Waals surface area contributed by atoms with E-state index < -0.39 is 0 Å². The smallest absolute Gasteiger partial charge is 0.134 e. The van der Waals surface area contributed by atoms with Gasteiger partial charge in [0.15, 0.2) is 0 Å². The molecule has 3 heteroatoms. The van der Waals surface area contributed by atoms with E-state index in [1.165, 1.54) is 24.8 Å². The Hall–Kier alpha value is -1.19. The van der Waals surface area contributed by atoms with Crippen LogP contribution in [0.1, 0.15) is 24.8 Å². The molecule has 0 aliphatic carbocycles. The van der Waals surface area contributed by atoms with Crippen molar-refractivity contribution in [2.75, 3.05) is 13.6 Å². The summed E-state index contributed by atoms with van der Waals surface area (Å²) >= 11 is 0. The maximum Gasteiger partial charge on any atom is 0.134 e. The Kier molecular flexibility index (Phi) is 3.67. The van der Waals surface area contributed by atoms with Gasteiger partial charge in [0.05, 0.1) is 6.54 Å². The predicted molar refractivity (Wildman–Crippen MR) is 75.9 cm³/mol. The molecule has 2 fully saturated rings. The van der Waals surface area contributed by atoms with Gasteiger partial charge in [0.1, 0.15) is 6.29 Å². The molecule has 0 saturated carbocycles. The van der Waals surface area contributed by atoms with Crippen LogP contribution in [0.2, 0.25) is 0 Å². The third kappa shape index (κ3) is 2.45. The largest absolute Gasteiger partial charge is 0.302 e. The van der Waals surface area contributed by atoms with Crippen LogP contribution in [0.3, 0.4) is 0 Å². The van der Waals surface area contributed by atoms with Crippen molar-refractivity contribution in [1.29, 1.82) is 0 Å². The summed E-state index contributed by atoms with van der Waals surface area (Å²) in [5, 5.41) is 0. The van der Waals surface area contributed by atoms with Crippen molar-refractivity contribution in [3.63, 3.8) is 0 Å². The molecule has 0 spiro atoms. The molecular weight excluding hydrogens is 236 g/mol. The highest BCUT2D eigenvalue weighted by atomic mass is 16.1. The number of benzene rings is 1. The van der Waals surface area contributed by atoms with Gasteiger partial charge in [-0.2, -0.15) is 0 Å². The van der Waals surface area contributed by atoms with E-state index in [0.717, 1.165) is 12.8 Å². The Morgan fingerprint density at radius 2 is 2.11 bits per heavy atom. The Labute approximate surface area is 115 Å². The number of fused-ring (bicyclic) bond motifs is 2. The van der Waals surface area contributed by atoms with Crippen LogP contribution in [0.4, 0.5) is 0 Å². The van der Waals surface area contributed by atoms with Crippen LogP contribution in [0.5, 0.6) is 0 Å². The van der Waals surface area contributed by atoms with Crippen LogP contribution in [-0.2, 0) is 11.3 Å². The molecule has 102 valence electrons. The lowest BCUT2D eigenvalue weighted by atomic mass is 9.94. The van der Waals surface area contributed by atoms with Crippen LogP contribution in [0.25, 0.3) is 0 Å². The van der Waals surface area contributed by atoms with Gasteiger partial charge in [-0.3, -0.25) is 9.80 Å². The van der Waals surface area contributed by atoms with Gasteiger partial charge < -0.3 is 4.79 Å². The molecule has 1 aromatic rings. The fourth-order valence-corrected chi connectivity index (χ4v) is 3.90. The lowest BCUT2D eigenvalue weighted by molar-refractivity contribution is -0.109. The molecule has 1 aromatic carbocycles. The monoisotopic (exact) mass is 258 g/mol. The van der Waals surface area contributed by atoms with E-state index in [-0.39, 0.29) is 0 Å². The number of hydrogen-bond acceptors (Lipinski definition) is 3. The first-order valence-corrected chi connectivity index (χ1v) is 7.23. The number of aldehydes is 1. The van der Waals surface area contributed by atoms with E-state index in [9.17, 15) is 4.79 Å². The minimum Gasteiger partial charge on any atom is -0.302 e. The third-order valence-corrected chi connectivity index (χ3v) is 4.77. The van der Waals surface area contributed by atoms with Gasteiger partial charge in [0, 0.05) is 24.7 Å². The Balaban J connectivity index is 1.65. The van der Waals surface area contributed by atoms with Gasteiger partial charge >= 0.3 is 0 Å². The SMILES string of the molecule is CN(Cc1ccccc1)[C@H]1CC2CCC1N2CC=O. The zero-order chi connectivity index (χ0) is 13.2. The number of carbonyl (C=O) groups excluding carboxylic acids is 1. The standard InChI is InChI=1S/C16H22N2O/c1-17(12-13-5-3-2-4-6-13)16-11-14-7-8-15(16)18(14)9-10-19/h2-6,10,14-16H,7-9,11-12H2,1H3/t14?,15?,16-/m0/s1. The minimum absolute atomic E-state index is 0.587. The number of rotatable bonds is 5. The summed E-state index contributed by atoms with van der Waals surface area (Å²) < 4.78 is 0. The van der Waals surface area contributed by atoms with Crippen molar-refractivity contribution in [2.45, 2.75) is 43.9 Å². The summed E-state index contributed by atoms with van der Waals surface area (Å²) in [4.78, 5) is 15.7. The summed E-state index contributed by atoms with van der Waals surface area (Å²) in [6, 6.07) is 12.5. The highest BCUT2D eigenvalue weighted by Gasteiger charge is 2.47. The molecule has 2 bridgehead atoms. The quantitative estimate of drug-likeness (QED) is 0.754. The van der Waals surface area contributed by atoms with Crippen LogP contribution < -0.4 is 0 Å². The number of hydrogen-bond donors (Lipinski definition) is 0. The zero-order valence-electron chi connectivity index (χ0n) is 11.5. The molecule has 19 heavy (non-hydrogen) atoms. The van der Waals surface area contributed by atoms with Crippen molar-refractivity contribution in [3.8, 4) is 0 Å². The van der Waals surface area contributed by atoms with Crippen LogP contribution in [-0.4, -0.2) is 47.8 Å². The van der Waals surface area contributed by atoms with Gasteiger partial charge in [0.25, 0.3) is 0 Å². The fraction of sp³-hybridized carbons (Fsp3) is 0.562. The summed E-state index contributed by atoms with van der Waals surface area (Å²) in [6.07, 6.45) is 4.81. The molecule has 2 saturated heterocycles. The zero-order valence-corrected chi connectivity index (χ0v) is 11.5. The molecule has 2 aliphatic rings. The van der Waals surface area contributed by atoms with Gasteiger partial charge in [0.2, 0.25) is 0 Å². The van der Waals surface area contributed by atoms with Gasteiger partial charge in [-0.25, -0.2) is 0 Å².